The first-order valence-electron chi connectivity index (χ1n) is 4.55. The lowest BCUT2D eigenvalue weighted by Crippen LogP contribution is -2.45. The van der Waals surface area contributed by atoms with E-state index in [-0.39, 0.29) is 0 Å². The van der Waals surface area contributed by atoms with E-state index >= 15 is 0 Å². The van der Waals surface area contributed by atoms with Crippen molar-refractivity contribution in [1.82, 2.24) is 0 Å². The average Bonchev–Trinajstić information content (AvgIpc) is 2.26. The minimum atomic E-state index is -2.48. The van der Waals surface area contributed by atoms with Crippen LogP contribution in [0.2, 0.25) is 0 Å². The van der Waals surface area contributed by atoms with Crippen LogP contribution < -0.4 is 0 Å². The Morgan fingerprint density at radius 3 is 2.20 bits per heavy atom. The second kappa shape index (κ2) is 5.95. The third kappa shape index (κ3) is 3.53. The molecule has 0 radical (unpaired) electrons. The predicted octanol–water partition coefficient (Wildman–Crippen LogP) is 2.25. The monoisotopic (exact) mass is 338 g/mol. The molecular formula is C10H15IO3Si. The molecule has 0 aliphatic carbocycles. The molecule has 0 fully saturated rings. The van der Waals surface area contributed by atoms with E-state index in [1.807, 2.05) is 6.07 Å². The van der Waals surface area contributed by atoms with Crippen molar-refractivity contribution in [2.24, 2.45) is 0 Å². The zero-order valence-corrected chi connectivity index (χ0v) is 12.3. The van der Waals surface area contributed by atoms with E-state index in [2.05, 4.69) is 40.8 Å². The van der Waals surface area contributed by atoms with Crippen molar-refractivity contribution in [3.63, 3.8) is 0 Å². The van der Waals surface area contributed by atoms with Gasteiger partial charge in [0, 0.05) is 30.9 Å². The second-order valence-corrected chi connectivity index (χ2v) is 7.29. The Morgan fingerprint density at radius 1 is 1.13 bits per heavy atom. The molecule has 0 bridgehead atoms. The van der Waals surface area contributed by atoms with Gasteiger partial charge in [-0.15, -0.1) is 0 Å². The van der Waals surface area contributed by atoms with E-state index in [1.165, 1.54) is 9.13 Å². The van der Waals surface area contributed by atoms with Gasteiger partial charge in [0.1, 0.15) is 0 Å². The van der Waals surface area contributed by atoms with Crippen LogP contribution in [0.3, 0.4) is 0 Å². The maximum absolute atomic E-state index is 5.37. The third-order valence-corrected chi connectivity index (χ3v) is 5.62. The van der Waals surface area contributed by atoms with Crippen LogP contribution in [0.25, 0.3) is 0 Å². The Bertz CT molecular complexity index is 307. The summed E-state index contributed by atoms with van der Waals surface area (Å²) in [4.78, 5) is 0. The summed E-state index contributed by atoms with van der Waals surface area (Å²) in [6, 6.07) is 8.95. The number of hydrogen-bond acceptors (Lipinski definition) is 3. The van der Waals surface area contributed by atoms with Gasteiger partial charge in [-0.2, -0.15) is 0 Å². The molecule has 0 N–H and O–H groups in total. The SMILES string of the molecule is CO[Si](Cc1cccc(I)c1)(OC)OC. The van der Waals surface area contributed by atoms with Crippen LogP contribution >= 0.6 is 22.6 Å². The Hall–Kier alpha value is 0.0469. The van der Waals surface area contributed by atoms with Crippen molar-refractivity contribution in [2.45, 2.75) is 6.04 Å². The van der Waals surface area contributed by atoms with Crippen LogP contribution in [0.1, 0.15) is 5.56 Å². The van der Waals surface area contributed by atoms with Gasteiger partial charge in [-0.1, -0.05) is 12.1 Å². The zero-order valence-electron chi connectivity index (χ0n) is 9.12. The van der Waals surface area contributed by atoms with Crippen LogP contribution in [0, 0.1) is 3.57 Å². The van der Waals surface area contributed by atoms with Crippen LogP contribution in [-0.2, 0) is 19.3 Å². The molecule has 0 unspecified atom stereocenters. The first kappa shape index (κ1) is 13.1. The van der Waals surface area contributed by atoms with Crippen molar-refractivity contribution in [3.05, 3.63) is 33.4 Å². The molecule has 0 spiro atoms. The fourth-order valence-electron chi connectivity index (χ4n) is 1.36. The molecule has 0 saturated carbocycles. The molecule has 15 heavy (non-hydrogen) atoms. The highest BCUT2D eigenvalue weighted by Gasteiger charge is 2.37. The summed E-state index contributed by atoms with van der Waals surface area (Å²) in [6.07, 6.45) is 0. The first-order valence-corrected chi connectivity index (χ1v) is 7.57. The standard InChI is InChI=1S/C10H15IO3Si/c1-12-15(13-2,14-3)8-9-5-4-6-10(11)7-9/h4-7H,8H2,1-3H3. The van der Waals surface area contributed by atoms with Crippen LogP contribution in [0.15, 0.2) is 24.3 Å². The normalized spacial score (nSPS) is 11.7. The maximum atomic E-state index is 5.37. The molecule has 0 heterocycles. The summed E-state index contributed by atoms with van der Waals surface area (Å²) in [5.74, 6) is 0. The van der Waals surface area contributed by atoms with E-state index in [0.717, 1.165) is 0 Å². The van der Waals surface area contributed by atoms with Gasteiger partial charge in [-0.3, -0.25) is 0 Å². The lowest BCUT2D eigenvalue weighted by molar-refractivity contribution is 0.122. The Kier molecular flexibility index (Phi) is 5.20. The molecule has 1 rings (SSSR count). The summed E-state index contributed by atoms with van der Waals surface area (Å²) >= 11 is 2.29. The molecule has 0 saturated heterocycles. The fourth-order valence-corrected chi connectivity index (χ4v) is 3.62. The smallest absolute Gasteiger partial charge is 0.377 e. The molecular weight excluding hydrogens is 323 g/mol. The van der Waals surface area contributed by atoms with Gasteiger partial charge < -0.3 is 13.3 Å². The summed E-state index contributed by atoms with van der Waals surface area (Å²) in [7, 11) is 2.41. The van der Waals surface area contributed by atoms with Gasteiger partial charge in [-0.05, 0) is 40.3 Å². The summed E-state index contributed by atoms with van der Waals surface area (Å²) in [5.41, 5.74) is 1.18. The van der Waals surface area contributed by atoms with Crippen molar-refractivity contribution in [2.75, 3.05) is 21.3 Å². The maximum Gasteiger partial charge on any atom is 0.504 e. The highest BCUT2D eigenvalue weighted by atomic mass is 127. The second-order valence-electron chi connectivity index (χ2n) is 3.10. The number of rotatable bonds is 5. The highest BCUT2D eigenvalue weighted by Crippen LogP contribution is 2.16. The molecule has 1 aromatic rings. The largest absolute Gasteiger partial charge is 0.504 e. The van der Waals surface area contributed by atoms with Crippen molar-refractivity contribution in [1.29, 1.82) is 0 Å². The fraction of sp³-hybridized carbons (Fsp3) is 0.400. The summed E-state index contributed by atoms with van der Waals surface area (Å²) < 4.78 is 17.3. The summed E-state index contributed by atoms with van der Waals surface area (Å²) in [5, 5.41) is 0. The van der Waals surface area contributed by atoms with E-state index in [1.54, 1.807) is 21.3 Å². The number of benzene rings is 1. The number of hydrogen-bond donors (Lipinski definition) is 0. The van der Waals surface area contributed by atoms with E-state index in [9.17, 15) is 0 Å². The van der Waals surface area contributed by atoms with E-state index in [0.29, 0.717) is 6.04 Å². The summed E-state index contributed by atoms with van der Waals surface area (Å²) in [6.45, 7) is 0. The van der Waals surface area contributed by atoms with Gasteiger partial charge in [0.25, 0.3) is 0 Å². The predicted molar refractivity (Wildman–Crippen MR) is 69.6 cm³/mol. The number of halogens is 1. The Morgan fingerprint density at radius 2 is 1.73 bits per heavy atom. The Labute approximate surface area is 105 Å². The zero-order chi connectivity index (χ0) is 11.3. The Balaban J connectivity index is 2.82. The van der Waals surface area contributed by atoms with Crippen LogP contribution in [0.5, 0.6) is 0 Å². The molecule has 0 atom stereocenters. The molecule has 0 aliphatic heterocycles. The molecule has 0 aromatic heterocycles. The molecule has 0 amide bonds. The molecule has 84 valence electrons. The molecule has 1 aromatic carbocycles. The molecule has 3 nitrogen and oxygen atoms in total. The average molecular weight is 338 g/mol. The van der Waals surface area contributed by atoms with Crippen LogP contribution in [0.4, 0.5) is 0 Å². The van der Waals surface area contributed by atoms with E-state index in [4.69, 9.17) is 13.3 Å². The highest BCUT2D eigenvalue weighted by molar-refractivity contribution is 14.1. The van der Waals surface area contributed by atoms with Gasteiger partial charge >= 0.3 is 8.80 Å². The van der Waals surface area contributed by atoms with Gasteiger partial charge in [0.05, 0.1) is 0 Å². The van der Waals surface area contributed by atoms with E-state index < -0.39 is 8.80 Å². The quantitative estimate of drug-likeness (QED) is 0.609. The van der Waals surface area contributed by atoms with Crippen molar-refractivity contribution < 1.29 is 13.3 Å². The van der Waals surface area contributed by atoms with Gasteiger partial charge in [0.2, 0.25) is 0 Å². The minimum Gasteiger partial charge on any atom is -0.377 e. The lowest BCUT2D eigenvalue weighted by atomic mass is 10.2. The van der Waals surface area contributed by atoms with Crippen molar-refractivity contribution >= 4 is 31.4 Å². The minimum absolute atomic E-state index is 0.702. The topological polar surface area (TPSA) is 27.7 Å². The van der Waals surface area contributed by atoms with Crippen LogP contribution in [-0.4, -0.2) is 30.1 Å². The van der Waals surface area contributed by atoms with Gasteiger partial charge in [-0.25, -0.2) is 0 Å². The van der Waals surface area contributed by atoms with Gasteiger partial charge in [0.15, 0.2) is 0 Å². The lowest BCUT2D eigenvalue weighted by Gasteiger charge is -2.24. The van der Waals surface area contributed by atoms with Crippen molar-refractivity contribution in [3.8, 4) is 0 Å². The molecule has 0 aliphatic rings. The first-order chi connectivity index (χ1) is 7.15. The third-order valence-electron chi connectivity index (χ3n) is 2.24. The molecule has 5 heteroatoms.